The van der Waals surface area contributed by atoms with Crippen LogP contribution < -0.4 is 37.2 Å². The third-order valence-electron chi connectivity index (χ3n) is 25.8. The minimum absolute atomic E-state index is 0.845. The van der Waals surface area contributed by atoms with Gasteiger partial charge in [0.25, 0.3) is 0 Å². The van der Waals surface area contributed by atoms with E-state index >= 15 is 0 Å². The minimum atomic E-state index is -2.82. The van der Waals surface area contributed by atoms with Crippen LogP contribution in [0.2, 0.25) is 0 Å². The number of carbonyl (C=O) groups is 7. The van der Waals surface area contributed by atoms with Gasteiger partial charge in [-0.25, -0.2) is 0 Å². The molecule has 55 atom stereocenters. The third kappa shape index (κ3) is 26.9. The SMILES string of the molecule is CC(=O)N[C@@H]1[C@@H](O)[C@H](O[C@@H]2O[C@H](CO)[C@@H](O[C@@H]3O[C@H](CO[C@H]4O[C@H](CO)[C@@H](O[C@@H]5O[C@H](CO)[C@@H](O)[C@H](O)[C@H]5NC(C)=O)[C@H](O)[C@@H]4O[C@@H]4O[C@H](CO)[C@@H](O[C@@H]5O[C@H](CO)[C@H](O)[C@H](O)[C@H]5O)[C@H](O)[C@H]4NC(C)=O)[C@@H](O)[C@H](O[C@H]4O[C@H](CO[C@@H]5O[C@H](CO)[C@@H](O)[C@H](O)[C@H]5NC(C)=O)[C@@H](O[C@@H]5O[C@H](CO)[C@@H](O)[C@H](O)[C@H]5NC(C)=O)[C@H](O)[C@@H]4O[C@@H]4O[C@H](CO)[C@@H](O)[C@H](O)[C@H]4NC(C)=O)[C@@H]3O)[C@H](O)[C@H]2NC(C)=O)[C@@H](CO)O[C@H]1O. The summed E-state index contributed by atoms with van der Waals surface area (Å²) in [6.45, 7) is -6.72. The number of aliphatic hydroxyl groups excluding tert-OH is 28. The molecule has 0 spiro atoms. The van der Waals surface area contributed by atoms with Crippen LogP contribution in [-0.2, 0) is 133 Å². The van der Waals surface area contributed by atoms with Crippen molar-refractivity contribution in [3.63, 3.8) is 0 Å². The zero-order chi connectivity index (χ0) is 105. The van der Waals surface area contributed by atoms with Crippen molar-refractivity contribution in [2.75, 3.05) is 72.7 Å². The highest BCUT2D eigenvalue weighted by Gasteiger charge is 2.64. The summed E-state index contributed by atoms with van der Waals surface area (Å²) in [6.07, 6.45) is -107. The third-order valence-corrected chi connectivity index (χ3v) is 25.8. The molecule has 63 nitrogen and oxygen atoms in total. The standard InChI is InChI=1S/C80H133N7O56/c1-19(97)81-37-54(114)62(31(13-93)125-70(37)122)136-75-42(86-24(6)102)55(115)64(33(15-95)131-75)140-78-61(121)67(141-80-69(143-74-41(85-23(5)101)53(113)47(107)29(11-91)129-74)60(120)66(138-73-40(84-22(4)100)52(112)46(106)28(10-90)128-73)36(135-80)18-123-71-38(82-20(2)98)50(110)44(104)26(8-88)126-71)49(109)35(134-78)17-124-79-68(59(119)65(34(16-96)133-79)137-72-39(83-21(3)99)51(111)45(105)27(9-89)127-72)142-76-43(87-25(7)103)56(116)63(32(14-94)132-76)139-77-58(118)57(117)48(108)30(12-92)130-77/h26-80,88-96,104-122H,8-18H2,1-7H3,(H,81,97)(H,82,98)(H,83,99)(H,84,100)(H,85,101)(H,86,102)(H,87,103)/t26-,27-,28-,29-,30-,31-,32-,33-,34-,35-,36-,37-,38-,39-,40-,41-,42-,43-,44-,45-,46-,47-,48+,49-,50-,51-,52-,53-,54-,55-,56-,57+,58-,59+,60+,61+,62-,63-,64-,65-,66-,67+,68+,69+,70-,71-,72+,73+,74+,75+,76+,77+,78+,79+,80-/m1/s1. The van der Waals surface area contributed by atoms with Gasteiger partial charge in [0, 0.05) is 48.5 Å². The fourth-order valence-electron chi connectivity index (χ4n) is 18.5. The molecule has 0 aliphatic carbocycles. The Kier molecular flexibility index (Phi) is 42.7. The lowest BCUT2D eigenvalue weighted by molar-refractivity contribution is -0.406. The molecule has 0 unspecified atom stereocenters. The van der Waals surface area contributed by atoms with Gasteiger partial charge in [0.15, 0.2) is 69.2 Å². The first-order valence-corrected chi connectivity index (χ1v) is 45.6. The summed E-state index contributed by atoms with van der Waals surface area (Å²) in [5.74, 6) is -6.76. The number of nitrogens with one attached hydrogen (secondary N) is 7. The summed E-state index contributed by atoms with van der Waals surface area (Å²) < 4.78 is 129. The van der Waals surface area contributed by atoms with Gasteiger partial charge >= 0.3 is 0 Å². The molecule has 0 aromatic heterocycles. The van der Waals surface area contributed by atoms with Crippen molar-refractivity contribution < 1.29 is 276 Å². The first-order valence-electron chi connectivity index (χ1n) is 45.6. The van der Waals surface area contributed by atoms with E-state index in [1.807, 2.05) is 0 Å². The molecule has 143 heavy (non-hydrogen) atoms. The average Bonchev–Trinajstić information content (AvgIpc) is 0.754. The largest absolute Gasteiger partial charge is 0.394 e. The smallest absolute Gasteiger partial charge is 0.217 e. The van der Waals surface area contributed by atoms with E-state index in [4.69, 9.17) is 99.5 Å². The summed E-state index contributed by atoms with van der Waals surface area (Å²) in [7, 11) is 0. The molecule has 11 rings (SSSR count). The Morgan fingerprint density at radius 1 is 0.182 bits per heavy atom. The second kappa shape index (κ2) is 51.9. The van der Waals surface area contributed by atoms with Gasteiger partial charge in [0.2, 0.25) is 41.4 Å². The Hall–Kier alpha value is -5.67. The zero-order valence-electron chi connectivity index (χ0n) is 77.5. The molecule has 7 amide bonds. The number of hydrogen-bond acceptors (Lipinski definition) is 56. The van der Waals surface area contributed by atoms with E-state index < -0.39 is 451 Å². The molecule has 63 heteroatoms. The van der Waals surface area contributed by atoms with Crippen molar-refractivity contribution in [1.29, 1.82) is 0 Å². The highest BCUT2D eigenvalue weighted by Crippen LogP contribution is 2.43. The Morgan fingerprint density at radius 3 is 0.748 bits per heavy atom. The minimum Gasteiger partial charge on any atom is -0.394 e. The summed E-state index contributed by atoms with van der Waals surface area (Å²) in [5.41, 5.74) is 0. The van der Waals surface area contributed by atoms with E-state index in [2.05, 4.69) is 37.2 Å². The lowest BCUT2D eigenvalue weighted by Crippen LogP contribution is -2.71. The molecule has 11 aliphatic heterocycles. The van der Waals surface area contributed by atoms with Gasteiger partial charge in [0.05, 0.1) is 72.7 Å². The molecule has 35 N–H and O–H groups in total. The Morgan fingerprint density at radius 2 is 0.399 bits per heavy atom. The fraction of sp³-hybridized carbons (Fsp3) is 0.912. The second-order valence-corrected chi connectivity index (χ2v) is 36.0. The number of carbonyl (C=O) groups excluding carboxylic acids is 7. The average molecular weight is 2090 g/mol. The van der Waals surface area contributed by atoms with E-state index in [0.29, 0.717) is 0 Å². The van der Waals surface area contributed by atoms with E-state index in [9.17, 15) is 177 Å². The van der Waals surface area contributed by atoms with Crippen LogP contribution in [0.3, 0.4) is 0 Å². The molecule has 11 fully saturated rings. The Balaban J connectivity index is 1.05. The van der Waals surface area contributed by atoms with Gasteiger partial charge in [-0.05, 0) is 0 Å². The van der Waals surface area contributed by atoms with Gasteiger partial charge in [-0.2, -0.15) is 0 Å². The molecular weight excluding hydrogens is 1950 g/mol. The maximum Gasteiger partial charge on any atom is 0.217 e. The maximum absolute atomic E-state index is 13.5. The number of rotatable bonds is 38. The molecule has 824 valence electrons. The molecule has 0 aromatic rings. The molecular formula is C80H133N7O56. The van der Waals surface area contributed by atoms with Crippen LogP contribution in [0.4, 0.5) is 0 Å². The van der Waals surface area contributed by atoms with Crippen LogP contribution in [0.25, 0.3) is 0 Å². The molecule has 11 aliphatic rings. The number of aliphatic hydroxyl groups is 28. The van der Waals surface area contributed by atoms with Crippen molar-refractivity contribution in [2.24, 2.45) is 0 Å². The van der Waals surface area contributed by atoms with Gasteiger partial charge in [-0.15, -0.1) is 0 Å². The molecule has 11 heterocycles. The van der Waals surface area contributed by atoms with Crippen molar-refractivity contribution in [1.82, 2.24) is 37.2 Å². The molecule has 0 saturated carbocycles. The number of hydrogen-bond donors (Lipinski definition) is 35. The van der Waals surface area contributed by atoms with Crippen LogP contribution in [0.1, 0.15) is 48.5 Å². The Bertz CT molecular complexity index is 4050. The number of amides is 7. The molecule has 0 radical (unpaired) electrons. The molecule has 0 bridgehead atoms. The zero-order valence-corrected chi connectivity index (χ0v) is 77.5. The molecule has 0 aromatic carbocycles. The summed E-state index contributed by atoms with van der Waals surface area (Å²) in [5, 5.41) is 337. The van der Waals surface area contributed by atoms with Gasteiger partial charge in [-0.1, -0.05) is 0 Å². The van der Waals surface area contributed by atoms with Crippen molar-refractivity contribution >= 4 is 41.4 Å². The predicted molar refractivity (Wildman–Crippen MR) is 444 cm³/mol. The summed E-state index contributed by atoms with van der Waals surface area (Å²) in [4.78, 5) is 91.0. The fourth-order valence-corrected chi connectivity index (χ4v) is 18.5. The van der Waals surface area contributed by atoms with Crippen molar-refractivity contribution in [2.45, 2.75) is 386 Å². The highest BCUT2D eigenvalue weighted by atomic mass is 16.8. The normalized spacial score (nSPS) is 47.3. The van der Waals surface area contributed by atoms with E-state index in [1.54, 1.807) is 0 Å². The van der Waals surface area contributed by atoms with Crippen LogP contribution in [0.5, 0.6) is 0 Å². The monoisotopic (exact) mass is 2090 g/mol. The highest BCUT2D eigenvalue weighted by molar-refractivity contribution is 5.75. The predicted octanol–water partition coefficient (Wildman–Crippen LogP) is -24.0. The maximum atomic E-state index is 13.5. The van der Waals surface area contributed by atoms with Crippen LogP contribution in [-0.4, -0.2) is 594 Å². The number of ether oxygens (including phenoxy) is 21. The first kappa shape index (κ1) is 118. The first-order chi connectivity index (χ1) is 67.6. The molecule has 11 saturated heterocycles. The quantitative estimate of drug-likeness (QED) is 0.0273. The second-order valence-electron chi connectivity index (χ2n) is 36.0. The lowest BCUT2D eigenvalue weighted by Gasteiger charge is -2.52. The van der Waals surface area contributed by atoms with Gasteiger partial charge < -0.3 is 280 Å². The summed E-state index contributed by atoms with van der Waals surface area (Å²) >= 11 is 0. The van der Waals surface area contributed by atoms with E-state index in [-0.39, 0.29) is 0 Å². The van der Waals surface area contributed by atoms with Crippen molar-refractivity contribution in [3.05, 3.63) is 0 Å². The van der Waals surface area contributed by atoms with E-state index in [0.717, 1.165) is 48.5 Å². The van der Waals surface area contributed by atoms with Crippen molar-refractivity contribution in [3.8, 4) is 0 Å². The summed E-state index contributed by atoms with van der Waals surface area (Å²) in [6, 6.07) is -13.6. The van der Waals surface area contributed by atoms with E-state index in [1.165, 1.54) is 0 Å². The van der Waals surface area contributed by atoms with Crippen LogP contribution in [0, 0.1) is 0 Å². The lowest BCUT2D eigenvalue weighted by atomic mass is 9.93. The van der Waals surface area contributed by atoms with Gasteiger partial charge in [0.1, 0.15) is 268 Å². The topological polar surface area (TPSA) is 964 Å². The van der Waals surface area contributed by atoms with Crippen LogP contribution in [0.15, 0.2) is 0 Å². The Labute approximate surface area is 810 Å². The van der Waals surface area contributed by atoms with Gasteiger partial charge in [-0.3, -0.25) is 33.6 Å². The van der Waals surface area contributed by atoms with Crippen LogP contribution >= 0.6 is 0 Å².